The van der Waals surface area contributed by atoms with Gasteiger partial charge >= 0.3 is 5.97 Å². The van der Waals surface area contributed by atoms with E-state index < -0.39 is 5.97 Å². The van der Waals surface area contributed by atoms with Crippen LogP contribution in [-0.2, 0) is 4.74 Å². The number of nitrogens with one attached hydrogen (secondary N) is 2. The Hall–Kier alpha value is -1.82. The molecule has 19 heavy (non-hydrogen) atoms. The Labute approximate surface area is 112 Å². The van der Waals surface area contributed by atoms with Crippen LogP contribution in [0.25, 0.3) is 0 Å². The van der Waals surface area contributed by atoms with E-state index in [0.29, 0.717) is 36.6 Å². The van der Waals surface area contributed by atoms with Crippen molar-refractivity contribution in [1.82, 2.24) is 10.3 Å². The summed E-state index contributed by atoms with van der Waals surface area (Å²) in [5, 5.41) is 11.7. The van der Waals surface area contributed by atoms with Gasteiger partial charge in [-0.2, -0.15) is 0 Å². The molecule has 1 rings (SSSR count). The van der Waals surface area contributed by atoms with Crippen LogP contribution >= 0.6 is 0 Å². The summed E-state index contributed by atoms with van der Waals surface area (Å²) >= 11 is 0. The Morgan fingerprint density at radius 2 is 2.05 bits per heavy atom. The van der Waals surface area contributed by atoms with E-state index in [-0.39, 0.29) is 11.6 Å². The Kier molecular flexibility index (Phi) is 5.57. The molecule has 0 atom stereocenters. The molecule has 0 radical (unpaired) electrons. The number of H-pyrrole nitrogens is 1. The summed E-state index contributed by atoms with van der Waals surface area (Å²) in [6.07, 6.45) is 0.730. The molecule has 0 aromatic carbocycles. The van der Waals surface area contributed by atoms with Crippen LogP contribution in [0.5, 0.6) is 0 Å². The first-order chi connectivity index (χ1) is 8.99. The molecule has 0 aliphatic heterocycles. The maximum atomic E-state index is 12.0. The predicted molar refractivity (Wildman–Crippen MR) is 70.7 cm³/mol. The third kappa shape index (κ3) is 3.82. The Balaban J connectivity index is 2.64. The summed E-state index contributed by atoms with van der Waals surface area (Å²) in [6.45, 7) is 6.99. The van der Waals surface area contributed by atoms with E-state index in [1.165, 1.54) is 0 Å². The number of ether oxygens (including phenoxy) is 1. The van der Waals surface area contributed by atoms with Gasteiger partial charge in [0.2, 0.25) is 0 Å². The highest BCUT2D eigenvalue weighted by molar-refractivity contribution is 6.00. The van der Waals surface area contributed by atoms with E-state index in [4.69, 9.17) is 9.84 Å². The average molecular weight is 268 g/mol. The van der Waals surface area contributed by atoms with Gasteiger partial charge in [-0.25, -0.2) is 4.79 Å². The summed E-state index contributed by atoms with van der Waals surface area (Å²) in [5.41, 5.74) is 1.51. The molecule has 3 N–H and O–H groups in total. The number of carboxylic acid groups (broad SMARTS) is 1. The highest BCUT2D eigenvalue weighted by Crippen LogP contribution is 2.17. The maximum Gasteiger partial charge on any atom is 0.352 e. The summed E-state index contributed by atoms with van der Waals surface area (Å²) in [4.78, 5) is 25.7. The molecule has 1 aromatic rings. The molecule has 6 heteroatoms. The standard InChI is InChI=1S/C13H20N2O4/c1-4-19-7-5-6-14-12(16)10-8(2)11(13(17)18)15-9(10)3/h15H,4-7H2,1-3H3,(H,14,16)(H,17,18). The van der Waals surface area contributed by atoms with E-state index >= 15 is 0 Å². The number of aryl methyl sites for hydroxylation is 1. The van der Waals surface area contributed by atoms with E-state index in [9.17, 15) is 9.59 Å². The van der Waals surface area contributed by atoms with Gasteiger partial charge in [-0.05, 0) is 32.8 Å². The van der Waals surface area contributed by atoms with Gasteiger partial charge in [0.15, 0.2) is 0 Å². The molecule has 6 nitrogen and oxygen atoms in total. The first-order valence-electron chi connectivity index (χ1n) is 6.27. The van der Waals surface area contributed by atoms with Crippen LogP contribution in [0, 0.1) is 13.8 Å². The number of rotatable bonds is 7. The largest absolute Gasteiger partial charge is 0.477 e. The fourth-order valence-electron chi connectivity index (χ4n) is 1.91. The molecule has 0 unspecified atom stereocenters. The van der Waals surface area contributed by atoms with Gasteiger partial charge < -0.3 is 20.1 Å². The second-order valence-electron chi connectivity index (χ2n) is 4.24. The first-order valence-corrected chi connectivity index (χ1v) is 6.27. The first kappa shape index (κ1) is 15.2. The third-order valence-corrected chi connectivity index (χ3v) is 2.83. The van der Waals surface area contributed by atoms with Crippen LogP contribution in [0.3, 0.4) is 0 Å². The maximum absolute atomic E-state index is 12.0. The van der Waals surface area contributed by atoms with Crippen molar-refractivity contribution < 1.29 is 19.4 Å². The van der Waals surface area contributed by atoms with Gasteiger partial charge in [0.1, 0.15) is 5.69 Å². The molecular formula is C13H20N2O4. The minimum atomic E-state index is -1.06. The van der Waals surface area contributed by atoms with Crippen LogP contribution in [0.2, 0.25) is 0 Å². The molecular weight excluding hydrogens is 248 g/mol. The zero-order valence-electron chi connectivity index (χ0n) is 11.5. The van der Waals surface area contributed by atoms with E-state index in [1.807, 2.05) is 6.92 Å². The molecule has 0 saturated carbocycles. The number of hydrogen-bond donors (Lipinski definition) is 3. The van der Waals surface area contributed by atoms with Crippen molar-refractivity contribution in [3.63, 3.8) is 0 Å². The van der Waals surface area contributed by atoms with Crippen molar-refractivity contribution in [2.45, 2.75) is 27.2 Å². The fraction of sp³-hybridized carbons (Fsp3) is 0.538. The van der Waals surface area contributed by atoms with Crippen LogP contribution in [0.15, 0.2) is 0 Å². The summed E-state index contributed by atoms with van der Waals surface area (Å²) < 4.78 is 5.17. The summed E-state index contributed by atoms with van der Waals surface area (Å²) in [7, 11) is 0. The van der Waals surface area contributed by atoms with Crippen molar-refractivity contribution in [3.8, 4) is 0 Å². The second-order valence-corrected chi connectivity index (χ2v) is 4.24. The average Bonchev–Trinajstić information content (AvgIpc) is 2.64. The van der Waals surface area contributed by atoms with E-state index in [0.717, 1.165) is 6.42 Å². The lowest BCUT2D eigenvalue weighted by molar-refractivity contribution is 0.0690. The van der Waals surface area contributed by atoms with Crippen molar-refractivity contribution in [2.24, 2.45) is 0 Å². The topological polar surface area (TPSA) is 91.4 Å². The zero-order chi connectivity index (χ0) is 14.4. The van der Waals surface area contributed by atoms with Gasteiger partial charge in [0.25, 0.3) is 5.91 Å². The Bertz CT molecular complexity index is 465. The van der Waals surface area contributed by atoms with Gasteiger partial charge in [0.05, 0.1) is 5.56 Å². The Morgan fingerprint density at radius 3 is 2.58 bits per heavy atom. The summed E-state index contributed by atoms with van der Waals surface area (Å²) in [6, 6.07) is 0. The van der Waals surface area contributed by atoms with Crippen LogP contribution < -0.4 is 5.32 Å². The molecule has 106 valence electrons. The normalized spacial score (nSPS) is 10.5. The lowest BCUT2D eigenvalue weighted by atomic mass is 10.1. The number of carbonyl (C=O) groups is 2. The molecule has 0 aliphatic carbocycles. The molecule has 0 bridgehead atoms. The Morgan fingerprint density at radius 1 is 1.37 bits per heavy atom. The molecule has 0 aliphatic rings. The highest BCUT2D eigenvalue weighted by atomic mass is 16.5. The lowest BCUT2D eigenvalue weighted by Gasteiger charge is -2.06. The van der Waals surface area contributed by atoms with Gasteiger partial charge in [-0.1, -0.05) is 0 Å². The molecule has 0 saturated heterocycles. The minimum Gasteiger partial charge on any atom is -0.477 e. The molecule has 1 aromatic heterocycles. The molecule has 1 amide bonds. The highest BCUT2D eigenvalue weighted by Gasteiger charge is 2.20. The quantitative estimate of drug-likeness (QED) is 0.653. The molecule has 0 fully saturated rings. The third-order valence-electron chi connectivity index (χ3n) is 2.83. The molecule has 1 heterocycles. The number of hydrogen-bond acceptors (Lipinski definition) is 3. The van der Waals surface area contributed by atoms with Crippen molar-refractivity contribution in [2.75, 3.05) is 19.8 Å². The SMILES string of the molecule is CCOCCCNC(=O)c1c(C)[nH]c(C(=O)O)c1C. The number of aromatic nitrogens is 1. The molecule has 0 spiro atoms. The minimum absolute atomic E-state index is 0.0666. The number of carbonyl (C=O) groups excluding carboxylic acids is 1. The van der Waals surface area contributed by atoms with Gasteiger partial charge in [-0.3, -0.25) is 4.79 Å². The fourth-order valence-corrected chi connectivity index (χ4v) is 1.91. The number of aromatic carboxylic acids is 1. The van der Waals surface area contributed by atoms with E-state index in [2.05, 4.69) is 10.3 Å². The van der Waals surface area contributed by atoms with Crippen LogP contribution in [0.1, 0.15) is 45.4 Å². The number of aromatic amines is 1. The van der Waals surface area contributed by atoms with Crippen molar-refractivity contribution in [3.05, 3.63) is 22.5 Å². The zero-order valence-corrected chi connectivity index (χ0v) is 11.5. The lowest BCUT2D eigenvalue weighted by Crippen LogP contribution is -2.26. The van der Waals surface area contributed by atoms with Crippen molar-refractivity contribution in [1.29, 1.82) is 0 Å². The van der Waals surface area contributed by atoms with Gasteiger partial charge in [-0.15, -0.1) is 0 Å². The van der Waals surface area contributed by atoms with E-state index in [1.54, 1.807) is 13.8 Å². The number of carboxylic acids is 1. The monoisotopic (exact) mass is 268 g/mol. The van der Waals surface area contributed by atoms with Gasteiger partial charge in [0, 0.05) is 25.5 Å². The van der Waals surface area contributed by atoms with Crippen LogP contribution in [0.4, 0.5) is 0 Å². The summed E-state index contributed by atoms with van der Waals surface area (Å²) in [5.74, 6) is -1.31. The smallest absolute Gasteiger partial charge is 0.352 e. The van der Waals surface area contributed by atoms with Crippen molar-refractivity contribution >= 4 is 11.9 Å². The predicted octanol–water partition coefficient (Wildman–Crippen LogP) is 1.49. The number of amides is 1. The van der Waals surface area contributed by atoms with Crippen LogP contribution in [-0.4, -0.2) is 41.7 Å². The second kappa shape index (κ2) is 6.94.